The minimum Gasteiger partial charge on any atom is -0.368 e. The van der Waals surface area contributed by atoms with Crippen molar-refractivity contribution in [3.05, 3.63) is 56.5 Å². The molecule has 1 aromatic heterocycles. The molecule has 6 heteroatoms. The highest BCUT2D eigenvalue weighted by atomic mass is 35.5. The minimum absolute atomic E-state index is 0.114. The van der Waals surface area contributed by atoms with Gasteiger partial charge in [-0.1, -0.05) is 41.6 Å². The van der Waals surface area contributed by atoms with Crippen molar-refractivity contribution in [3.8, 4) is 0 Å². The van der Waals surface area contributed by atoms with Gasteiger partial charge in [0.05, 0.1) is 24.0 Å². The second-order valence-electron chi connectivity index (χ2n) is 4.53. The van der Waals surface area contributed by atoms with Gasteiger partial charge in [-0.05, 0) is 17.9 Å². The first-order valence-electron chi connectivity index (χ1n) is 6.21. The van der Waals surface area contributed by atoms with Crippen molar-refractivity contribution >= 4 is 23.4 Å². The Hall–Kier alpha value is -1.30. The van der Waals surface area contributed by atoms with Crippen molar-refractivity contribution in [2.45, 2.75) is 24.3 Å². The lowest BCUT2D eigenvalue weighted by molar-refractivity contribution is 0.0248. The van der Waals surface area contributed by atoms with Crippen LogP contribution in [0.15, 0.2) is 34.2 Å². The summed E-state index contributed by atoms with van der Waals surface area (Å²) in [6.07, 6.45) is 2.30. The zero-order valence-corrected chi connectivity index (χ0v) is 12.4. The molecule has 0 radical (unpaired) electrons. The summed E-state index contributed by atoms with van der Waals surface area (Å²) in [6.45, 7) is 0.266. The second kappa shape index (κ2) is 5.60. The molecule has 104 valence electrons. The van der Waals surface area contributed by atoms with Crippen LogP contribution in [0.4, 0.5) is 0 Å². The summed E-state index contributed by atoms with van der Waals surface area (Å²) in [5.74, 6) is 0. The molecular weight excluding hydrogens is 296 g/mol. The van der Waals surface area contributed by atoms with Gasteiger partial charge in [-0.15, -0.1) is 0 Å². The highest BCUT2D eigenvalue weighted by Gasteiger charge is 2.25. The van der Waals surface area contributed by atoms with Gasteiger partial charge < -0.3 is 9.72 Å². The first-order chi connectivity index (χ1) is 9.69. The van der Waals surface area contributed by atoms with E-state index < -0.39 is 0 Å². The fourth-order valence-corrected chi connectivity index (χ4v) is 2.94. The maximum atomic E-state index is 11.9. The van der Waals surface area contributed by atoms with Gasteiger partial charge in [0, 0.05) is 11.4 Å². The number of halogens is 1. The maximum absolute atomic E-state index is 11.9. The van der Waals surface area contributed by atoms with Crippen LogP contribution in [0.5, 0.6) is 0 Å². The van der Waals surface area contributed by atoms with Gasteiger partial charge in [0.2, 0.25) is 0 Å². The molecule has 4 nitrogen and oxygen atoms in total. The van der Waals surface area contributed by atoms with Crippen LogP contribution in [0, 0.1) is 0 Å². The molecule has 1 aromatic carbocycles. The van der Waals surface area contributed by atoms with Crippen molar-refractivity contribution in [2.75, 3.05) is 6.26 Å². The third kappa shape index (κ3) is 2.49. The number of H-pyrrole nitrogens is 1. The van der Waals surface area contributed by atoms with Crippen LogP contribution in [-0.2, 0) is 17.8 Å². The molecule has 3 rings (SSSR count). The molecule has 0 spiro atoms. The smallest absolute Gasteiger partial charge is 0.257 e. The molecule has 2 heterocycles. The van der Waals surface area contributed by atoms with Crippen LogP contribution >= 0.6 is 23.4 Å². The lowest BCUT2D eigenvalue weighted by Gasteiger charge is -2.25. The highest BCUT2D eigenvalue weighted by molar-refractivity contribution is 7.98. The van der Waals surface area contributed by atoms with Gasteiger partial charge >= 0.3 is 0 Å². The van der Waals surface area contributed by atoms with Crippen LogP contribution in [0.2, 0.25) is 5.02 Å². The molecule has 1 aliphatic rings. The fraction of sp³-hybridized carbons (Fsp3) is 0.286. The van der Waals surface area contributed by atoms with E-state index in [1.54, 1.807) is 0 Å². The van der Waals surface area contributed by atoms with Gasteiger partial charge in [-0.2, -0.15) is 0 Å². The third-order valence-electron chi connectivity index (χ3n) is 3.33. The van der Waals surface area contributed by atoms with Crippen molar-refractivity contribution in [2.24, 2.45) is 0 Å². The van der Waals surface area contributed by atoms with Crippen LogP contribution in [0.3, 0.4) is 0 Å². The zero-order valence-electron chi connectivity index (χ0n) is 10.9. The number of benzene rings is 1. The van der Waals surface area contributed by atoms with Gasteiger partial charge in [0.25, 0.3) is 5.56 Å². The molecular formula is C14H13ClN2O2S. The number of ether oxygens (including phenoxy) is 1. The average molecular weight is 309 g/mol. The Kier molecular flexibility index (Phi) is 3.83. The number of nitrogens with one attached hydrogen (secondary N) is 1. The fourth-order valence-electron chi connectivity index (χ4n) is 2.29. The molecule has 1 N–H and O–H groups in total. The summed E-state index contributed by atoms with van der Waals surface area (Å²) < 4.78 is 5.77. The van der Waals surface area contributed by atoms with E-state index in [0.29, 0.717) is 22.2 Å². The molecule has 0 saturated carbocycles. The molecule has 0 fully saturated rings. The normalized spacial score (nSPS) is 17.8. The molecule has 0 aliphatic carbocycles. The minimum atomic E-state index is -0.153. The number of hydrogen-bond donors (Lipinski definition) is 1. The quantitative estimate of drug-likeness (QED) is 0.684. The molecule has 1 aliphatic heterocycles. The predicted molar refractivity (Wildman–Crippen MR) is 79.3 cm³/mol. The van der Waals surface area contributed by atoms with Crippen molar-refractivity contribution < 1.29 is 4.74 Å². The Balaban J connectivity index is 1.98. The first-order valence-corrected chi connectivity index (χ1v) is 7.81. The SMILES string of the molecule is CSc1nc2c(c(=O)[nH]1)COC(c1ccccc1Cl)C2. The molecule has 0 amide bonds. The monoisotopic (exact) mass is 308 g/mol. The Morgan fingerprint density at radius 2 is 2.25 bits per heavy atom. The van der Waals surface area contributed by atoms with Crippen LogP contribution in [0.25, 0.3) is 0 Å². The van der Waals surface area contributed by atoms with Gasteiger partial charge in [0.1, 0.15) is 0 Å². The Labute approximate surface area is 125 Å². The Bertz CT molecular complexity index is 702. The largest absolute Gasteiger partial charge is 0.368 e. The first kappa shape index (κ1) is 13.7. The highest BCUT2D eigenvalue weighted by Crippen LogP contribution is 2.32. The summed E-state index contributed by atoms with van der Waals surface area (Å²) in [5, 5.41) is 1.31. The molecule has 0 bridgehead atoms. The lowest BCUT2D eigenvalue weighted by atomic mass is 10.00. The summed E-state index contributed by atoms with van der Waals surface area (Å²) >= 11 is 7.62. The topological polar surface area (TPSA) is 55.0 Å². The van der Waals surface area contributed by atoms with Crippen LogP contribution in [-0.4, -0.2) is 16.2 Å². The number of fused-ring (bicyclic) bond motifs is 1. The maximum Gasteiger partial charge on any atom is 0.257 e. The predicted octanol–water partition coefficient (Wildman–Crippen LogP) is 2.96. The zero-order chi connectivity index (χ0) is 14.1. The van der Waals surface area contributed by atoms with E-state index in [-0.39, 0.29) is 18.3 Å². The summed E-state index contributed by atoms with van der Waals surface area (Å²) in [6, 6.07) is 7.60. The molecule has 2 aromatic rings. The van der Waals surface area contributed by atoms with Crippen molar-refractivity contribution in [1.29, 1.82) is 0 Å². The Morgan fingerprint density at radius 1 is 1.45 bits per heavy atom. The van der Waals surface area contributed by atoms with E-state index in [0.717, 1.165) is 11.3 Å². The summed E-state index contributed by atoms with van der Waals surface area (Å²) in [7, 11) is 0. The standard InChI is InChI=1S/C14H13ClN2O2S/c1-20-14-16-11-6-12(8-4-2-3-5-10(8)15)19-7-9(11)13(18)17-14/h2-5,12H,6-7H2,1H3,(H,16,17,18). The van der Waals surface area contributed by atoms with E-state index in [2.05, 4.69) is 9.97 Å². The van der Waals surface area contributed by atoms with E-state index >= 15 is 0 Å². The number of thioether (sulfide) groups is 1. The van der Waals surface area contributed by atoms with Gasteiger partial charge in [-0.25, -0.2) is 4.98 Å². The Morgan fingerprint density at radius 3 is 3.00 bits per heavy atom. The number of nitrogens with zero attached hydrogens (tertiary/aromatic N) is 1. The van der Waals surface area contributed by atoms with Crippen molar-refractivity contribution in [1.82, 2.24) is 9.97 Å². The summed E-state index contributed by atoms with van der Waals surface area (Å²) in [4.78, 5) is 19.2. The van der Waals surface area contributed by atoms with E-state index in [1.165, 1.54) is 11.8 Å². The van der Waals surface area contributed by atoms with Crippen LogP contribution < -0.4 is 5.56 Å². The lowest BCUT2D eigenvalue weighted by Crippen LogP contribution is -2.26. The van der Waals surface area contributed by atoms with Crippen LogP contribution in [0.1, 0.15) is 22.9 Å². The van der Waals surface area contributed by atoms with Gasteiger partial charge in [-0.3, -0.25) is 4.79 Å². The van der Waals surface area contributed by atoms with E-state index in [9.17, 15) is 4.79 Å². The molecule has 0 saturated heterocycles. The number of aromatic amines is 1. The number of hydrogen-bond acceptors (Lipinski definition) is 4. The van der Waals surface area contributed by atoms with E-state index in [4.69, 9.17) is 16.3 Å². The van der Waals surface area contributed by atoms with E-state index in [1.807, 2.05) is 30.5 Å². The molecule has 1 unspecified atom stereocenters. The average Bonchev–Trinajstić information content (AvgIpc) is 2.47. The number of rotatable bonds is 2. The third-order valence-corrected chi connectivity index (χ3v) is 4.26. The summed E-state index contributed by atoms with van der Waals surface area (Å²) in [5.41, 5.74) is 2.24. The second-order valence-corrected chi connectivity index (χ2v) is 5.73. The molecule has 1 atom stereocenters. The molecule has 20 heavy (non-hydrogen) atoms. The van der Waals surface area contributed by atoms with Gasteiger partial charge in [0.15, 0.2) is 5.16 Å². The van der Waals surface area contributed by atoms with Crippen molar-refractivity contribution in [3.63, 3.8) is 0 Å². The number of aromatic nitrogens is 2.